The number of phosphoric acid groups is 1. The number of nitrogens with zero attached hydrogens (tertiary/aromatic N) is 3. The number of fused-ring (bicyclic) bond motifs is 1. The summed E-state index contributed by atoms with van der Waals surface area (Å²) in [6.07, 6.45) is -3.11. The molecule has 3 heterocycles. The van der Waals surface area contributed by atoms with Crippen LogP contribution in [0, 0.1) is 0 Å². The third kappa shape index (κ3) is 4.99. The third-order valence-electron chi connectivity index (χ3n) is 3.37. The second-order valence-electron chi connectivity index (χ2n) is 4.84. The summed E-state index contributed by atoms with van der Waals surface area (Å²) in [5.74, 6) is 0. The van der Waals surface area contributed by atoms with E-state index in [1.165, 1.54) is 10.9 Å². The van der Waals surface area contributed by atoms with Crippen molar-refractivity contribution in [3.8, 4) is 0 Å². The van der Waals surface area contributed by atoms with E-state index in [0.717, 1.165) is 6.33 Å². The normalized spacial score (nSPS) is 26.2. The fourth-order valence-corrected chi connectivity index (χ4v) is 2.64. The minimum Gasteiger partial charge on any atom is -0.790 e. The van der Waals surface area contributed by atoms with E-state index in [1.54, 1.807) is 0 Å². The monoisotopic (exact) mass is 392 g/mol. The summed E-state index contributed by atoms with van der Waals surface area (Å²) >= 11 is 0. The zero-order valence-electron chi connectivity index (χ0n) is 13.3. The van der Waals surface area contributed by atoms with Crippen LogP contribution in [0.1, 0.15) is 6.23 Å². The molecule has 0 amide bonds. The van der Waals surface area contributed by atoms with E-state index in [4.69, 9.17) is 4.74 Å². The molecule has 1 aliphatic heterocycles. The Morgan fingerprint density at radius 2 is 2.00 bits per heavy atom. The maximum Gasteiger partial charge on any atom is 0.278 e. The Morgan fingerprint density at radius 1 is 1.32 bits per heavy atom. The zero-order chi connectivity index (χ0) is 16.8. The Morgan fingerprint density at radius 3 is 2.64 bits per heavy atom. The number of H-pyrrole nitrogens is 1. The summed E-state index contributed by atoms with van der Waals surface area (Å²) < 4.78 is 21.1. The first kappa shape index (κ1) is 23.4. The number of phosphoric ester groups is 1. The van der Waals surface area contributed by atoms with Crippen LogP contribution in [0.3, 0.4) is 0 Å². The van der Waals surface area contributed by atoms with Gasteiger partial charge in [-0.3, -0.25) is 9.36 Å². The maximum atomic E-state index is 11.6. The van der Waals surface area contributed by atoms with Gasteiger partial charge < -0.3 is 38.8 Å². The molecule has 0 spiro atoms. The van der Waals surface area contributed by atoms with E-state index in [2.05, 4.69) is 19.5 Å². The van der Waals surface area contributed by atoms with Gasteiger partial charge in [-0.25, -0.2) is 9.97 Å². The van der Waals surface area contributed by atoms with E-state index < -0.39 is 44.5 Å². The van der Waals surface area contributed by atoms with Crippen molar-refractivity contribution in [3.63, 3.8) is 0 Å². The van der Waals surface area contributed by atoms with E-state index >= 15 is 0 Å². The Balaban J connectivity index is 0.00000156. The molecule has 0 bridgehead atoms. The van der Waals surface area contributed by atoms with Gasteiger partial charge in [-0.05, 0) is 0 Å². The first-order chi connectivity index (χ1) is 10.8. The SMILES string of the molecule is O=c1[nH]cnc2c1ncn2[C@@H]1O[C@H](COP(=O)([O-])[O-])[C@@H](O)[C@H]1O.[Na].[Na]. The quantitative estimate of drug-likeness (QED) is 0.340. The molecule has 3 N–H and O–H groups in total. The van der Waals surface area contributed by atoms with Crippen molar-refractivity contribution in [2.75, 3.05) is 6.61 Å². The van der Waals surface area contributed by atoms with Crippen LogP contribution in [0.2, 0.25) is 0 Å². The molecular formula is C10H11N4Na2O8P-2. The van der Waals surface area contributed by atoms with Gasteiger partial charge >= 0.3 is 0 Å². The van der Waals surface area contributed by atoms with Crippen LogP contribution in [-0.4, -0.2) is 114 Å². The summed E-state index contributed by atoms with van der Waals surface area (Å²) in [5, 5.41) is 19.9. The molecule has 25 heavy (non-hydrogen) atoms. The van der Waals surface area contributed by atoms with Crippen molar-refractivity contribution in [1.82, 2.24) is 19.5 Å². The number of hydrogen-bond donors (Lipinski definition) is 3. The summed E-state index contributed by atoms with van der Waals surface area (Å²) in [7, 11) is -5.24. The minimum absolute atomic E-state index is 0. The van der Waals surface area contributed by atoms with Gasteiger partial charge in [0.2, 0.25) is 0 Å². The van der Waals surface area contributed by atoms with Gasteiger partial charge in [0, 0.05) is 59.1 Å². The van der Waals surface area contributed by atoms with Crippen LogP contribution < -0.4 is 15.3 Å². The molecule has 128 valence electrons. The van der Waals surface area contributed by atoms with Gasteiger partial charge in [-0.15, -0.1) is 0 Å². The number of hydrogen-bond acceptors (Lipinski definition) is 10. The molecule has 1 aliphatic rings. The zero-order valence-corrected chi connectivity index (χ0v) is 18.2. The third-order valence-corrected chi connectivity index (χ3v) is 3.84. The van der Waals surface area contributed by atoms with Gasteiger partial charge in [0.15, 0.2) is 17.4 Å². The minimum atomic E-state index is -5.24. The first-order valence-corrected chi connectivity index (χ1v) is 7.82. The van der Waals surface area contributed by atoms with E-state index in [0.29, 0.717) is 0 Å². The van der Waals surface area contributed by atoms with Gasteiger partial charge in [-0.1, -0.05) is 0 Å². The molecule has 1 fully saturated rings. The van der Waals surface area contributed by atoms with Crippen LogP contribution in [0.25, 0.3) is 11.2 Å². The Kier molecular flexibility index (Phi) is 8.44. The number of ether oxygens (including phenoxy) is 1. The molecule has 15 heteroatoms. The number of aliphatic hydroxyl groups excluding tert-OH is 2. The predicted octanol–water partition coefficient (Wildman–Crippen LogP) is -4.18. The van der Waals surface area contributed by atoms with Crippen molar-refractivity contribution in [2.24, 2.45) is 0 Å². The second kappa shape index (κ2) is 9.02. The molecule has 2 radical (unpaired) electrons. The molecular weight excluding hydrogens is 381 g/mol. The fourth-order valence-electron chi connectivity index (χ4n) is 2.31. The number of nitrogens with one attached hydrogen (secondary N) is 1. The van der Waals surface area contributed by atoms with Crippen LogP contribution in [0.4, 0.5) is 0 Å². The summed E-state index contributed by atoms with van der Waals surface area (Å²) in [5.41, 5.74) is -0.397. The molecule has 0 aromatic carbocycles. The molecule has 3 rings (SSSR count). The molecule has 12 nitrogen and oxygen atoms in total. The molecule has 0 saturated carbocycles. The van der Waals surface area contributed by atoms with Crippen molar-refractivity contribution in [2.45, 2.75) is 24.5 Å². The van der Waals surface area contributed by atoms with Gasteiger partial charge in [0.1, 0.15) is 18.3 Å². The fraction of sp³-hybridized carbons (Fsp3) is 0.500. The number of aromatic nitrogens is 4. The number of imidazole rings is 1. The Bertz CT molecular complexity index is 825. The van der Waals surface area contributed by atoms with Gasteiger partial charge in [0.25, 0.3) is 5.56 Å². The van der Waals surface area contributed by atoms with Gasteiger partial charge in [0.05, 0.1) is 27.1 Å². The van der Waals surface area contributed by atoms with Crippen LogP contribution >= 0.6 is 7.82 Å². The summed E-state index contributed by atoms with van der Waals surface area (Å²) in [6, 6.07) is 0. The smallest absolute Gasteiger partial charge is 0.278 e. The number of aliphatic hydroxyl groups is 2. The largest absolute Gasteiger partial charge is 0.790 e. The van der Waals surface area contributed by atoms with Crippen molar-refractivity contribution in [3.05, 3.63) is 23.0 Å². The standard InChI is InChI=1S/C10H13N4O8P.2Na/c15-6-4(1-21-23(18,19)20)22-10(7(6)16)14-3-13-5-8(14)11-2-12-9(5)17;;/h2-4,6-7,10,15-16H,1H2,(H,11,12,17)(H2,18,19,20);;/p-2/t4-,6-,7-,10-;;/m1../s1. The molecule has 1 saturated heterocycles. The molecule has 2 aromatic heterocycles. The predicted molar refractivity (Wildman–Crippen MR) is 79.1 cm³/mol. The van der Waals surface area contributed by atoms with Crippen LogP contribution in [0.15, 0.2) is 17.4 Å². The number of rotatable bonds is 4. The average Bonchev–Trinajstić information content (AvgIpc) is 3.01. The maximum absolute atomic E-state index is 11.6. The van der Waals surface area contributed by atoms with Crippen LogP contribution in [-0.2, 0) is 13.8 Å². The van der Waals surface area contributed by atoms with Crippen LogP contribution in [0.5, 0.6) is 0 Å². The Hall–Kier alpha value is 0.340. The van der Waals surface area contributed by atoms with Crippen molar-refractivity contribution >= 4 is 78.1 Å². The van der Waals surface area contributed by atoms with E-state index in [-0.39, 0.29) is 70.3 Å². The summed E-state index contributed by atoms with van der Waals surface area (Å²) in [6.45, 7) is -0.750. The second-order valence-corrected chi connectivity index (χ2v) is 6.00. The molecule has 2 aromatic rings. The number of aromatic amines is 1. The average molecular weight is 392 g/mol. The Labute approximate surface area is 184 Å². The van der Waals surface area contributed by atoms with E-state index in [9.17, 15) is 29.4 Å². The first-order valence-electron chi connectivity index (χ1n) is 6.36. The molecule has 4 atom stereocenters. The van der Waals surface area contributed by atoms with Crippen molar-refractivity contribution in [1.29, 1.82) is 0 Å². The summed E-state index contributed by atoms with van der Waals surface area (Å²) in [4.78, 5) is 42.6. The molecule has 0 aliphatic carbocycles. The van der Waals surface area contributed by atoms with Gasteiger partial charge in [-0.2, -0.15) is 0 Å². The molecule has 0 unspecified atom stereocenters. The van der Waals surface area contributed by atoms with E-state index in [1.807, 2.05) is 0 Å². The van der Waals surface area contributed by atoms with Crippen molar-refractivity contribution < 1.29 is 33.8 Å². The topological polar surface area (TPSA) is 186 Å².